The molecule has 25 N–H and O–H groups in total. The minimum Gasteiger partial charge on any atom is -0.479 e. The standard InChI is InChI=1S/C33H60N4O17.C27H49N3O15.C27H49N3O14S/c1-21(2)17-33(30(44)45)18-23(39)26(28(54-33)27(42)24(40)20-38)37-25(41)19-35-29(43)22(36-32(47)53-16-14-51-12-10-49-4)7-5-6-8-34-31(46)52-15-13-50-11-9-48-3;1-16(2)11-27(25(37)38)12-18(32)21(23(45-27)22(35)19(33)14-31)30-20(34)13-28-24(36)17(15-43-8-6-41-4)29-26(39)44-10-9-42-7-5-40-3;1-16(2)11-27(25(37)38)12-18(32)21(23(44-27)22(35)19(33)14-31)30-20(34)13-28-24(36)17(15-45-10-9-41-4)29-26(39)43-8-7-42-6-5-40-3/h21-24,26-28,38-40,42H,5-20H2,1-4H3,(H,34,46)(H,35,43)(H,36,47)(H,37,41)(H,44,45);2*16-19,21-23,31-33,35H,5-15H2,1-4H3,(H,28,36)(H,29,39)(H,30,34)(H,37,38). The first-order valence-corrected chi connectivity index (χ1v) is 48.0. The lowest BCUT2D eigenvalue weighted by atomic mass is 9.79. The van der Waals surface area contributed by atoms with Crippen LogP contribution in [0.15, 0.2) is 0 Å². The Morgan fingerprint density at radius 1 is 0.354 bits per heavy atom. The van der Waals surface area contributed by atoms with E-state index in [2.05, 4.69) is 53.2 Å². The molecule has 0 spiro atoms. The third-order valence-electron chi connectivity index (χ3n) is 21.4. The van der Waals surface area contributed by atoms with Gasteiger partial charge < -0.3 is 215 Å². The van der Waals surface area contributed by atoms with E-state index in [0.29, 0.717) is 71.4 Å². The molecule has 838 valence electrons. The van der Waals surface area contributed by atoms with Crippen molar-refractivity contribution in [1.29, 1.82) is 0 Å². The van der Waals surface area contributed by atoms with Crippen LogP contribution in [-0.4, -0.2) is 513 Å². The molecule has 57 heteroatoms. The summed E-state index contributed by atoms with van der Waals surface area (Å²) in [6.07, 6.45) is -24.9. The number of carbonyl (C=O) groups excluding carboxylic acids is 10. The SMILES string of the molecule is COCCOCCOC(=O)NC(COCCOC)C(=O)NCC(=O)NC1C(O)CC(CC(C)C)(C(=O)O)OC1C(O)C(O)CO.COCCOCCOC(=O)NC(CSCCOC)C(=O)NCC(=O)NC1C(O)CC(CC(C)C)(C(=O)O)OC1C(O)C(O)CO.COCCOCCOC(=O)NCCCCC(NC(=O)OCCOCCOC)C(=O)NCC(=O)NC1C(O)CC(CC(C)C)(C(=O)O)OC1C(O)C(O)CO. The zero-order chi connectivity index (χ0) is 109. The zero-order valence-corrected chi connectivity index (χ0v) is 84.6. The molecule has 10 amide bonds. The van der Waals surface area contributed by atoms with E-state index in [1.807, 2.05) is 0 Å². The van der Waals surface area contributed by atoms with Gasteiger partial charge in [-0.05, 0) is 56.3 Å². The molecule has 3 saturated heterocycles. The molecule has 3 aliphatic heterocycles. The number of aliphatic hydroxyl groups excluding tert-OH is 12. The predicted octanol–water partition coefficient (Wildman–Crippen LogP) is -8.16. The van der Waals surface area contributed by atoms with Crippen LogP contribution in [0.5, 0.6) is 0 Å². The largest absolute Gasteiger partial charge is 0.479 e. The molecule has 3 rings (SSSR count). The summed E-state index contributed by atoms with van der Waals surface area (Å²) in [5, 5.41) is 177. The van der Waals surface area contributed by atoms with Crippen molar-refractivity contribution in [3.8, 4) is 0 Å². The molecule has 0 aromatic heterocycles. The Hall–Kier alpha value is -8.38. The lowest BCUT2D eigenvalue weighted by Gasteiger charge is -2.47. The van der Waals surface area contributed by atoms with Crippen molar-refractivity contribution in [2.75, 3.05) is 232 Å². The molecule has 3 heterocycles. The monoisotopic (exact) mass is 2110 g/mol. The zero-order valence-electron chi connectivity index (χ0n) is 83.8. The number of hydrogen-bond acceptors (Lipinski definition) is 44. The fraction of sp³-hybridized carbons (Fsp3) is 0.851. The molecular weight excluding hydrogens is 1950 g/mol. The number of aliphatic carboxylic acids is 3. The summed E-state index contributed by atoms with van der Waals surface area (Å²) in [4.78, 5) is 163. The molecule has 56 nitrogen and oxygen atoms in total. The average molecular weight is 2110 g/mol. The highest BCUT2D eigenvalue weighted by atomic mass is 32.2. The average Bonchev–Trinajstić information content (AvgIpc) is 0.773. The number of unbranched alkanes of at least 4 members (excludes halogenated alkanes) is 1. The van der Waals surface area contributed by atoms with Crippen molar-refractivity contribution in [1.82, 2.24) is 53.2 Å². The number of carbonyl (C=O) groups is 13. The smallest absolute Gasteiger partial charge is 0.407 e. The quantitative estimate of drug-likeness (QED) is 0.0199. The Morgan fingerprint density at radius 2 is 0.632 bits per heavy atom. The Bertz CT molecular complexity index is 3520. The predicted molar refractivity (Wildman–Crippen MR) is 499 cm³/mol. The normalized spacial score (nSPS) is 22.7. The fourth-order valence-electron chi connectivity index (χ4n) is 14.5. The van der Waals surface area contributed by atoms with Gasteiger partial charge in [-0.2, -0.15) is 11.8 Å². The first-order valence-electron chi connectivity index (χ1n) is 46.8. The molecule has 3 fully saturated rings. The number of methoxy groups -OCH3 is 6. The molecule has 0 bridgehead atoms. The third-order valence-corrected chi connectivity index (χ3v) is 22.4. The van der Waals surface area contributed by atoms with Gasteiger partial charge in [-0.1, -0.05) is 41.5 Å². The third kappa shape index (κ3) is 52.5. The van der Waals surface area contributed by atoms with Gasteiger partial charge in [0, 0.05) is 80.0 Å². The molecular formula is C87H158N10O46S. The minimum absolute atomic E-state index is 0.0364. The first-order chi connectivity index (χ1) is 68.3. The fourth-order valence-corrected chi connectivity index (χ4v) is 15.4. The van der Waals surface area contributed by atoms with Crippen molar-refractivity contribution in [2.45, 2.75) is 226 Å². The van der Waals surface area contributed by atoms with Gasteiger partial charge >= 0.3 is 42.3 Å². The van der Waals surface area contributed by atoms with E-state index >= 15 is 0 Å². The summed E-state index contributed by atoms with van der Waals surface area (Å²) >= 11 is 1.31. The number of aliphatic hydroxyl groups is 12. The number of hydrogen-bond donors (Lipinski definition) is 25. The van der Waals surface area contributed by atoms with E-state index in [9.17, 15) is 139 Å². The van der Waals surface area contributed by atoms with Gasteiger partial charge in [-0.25, -0.2) is 33.6 Å². The number of ether oxygens (including phenoxy) is 18. The summed E-state index contributed by atoms with van der Waals surface area (Å²) in [5.74, 6) is -9.18. The van der Waals surface area contributed by atoms with Crippen LogP contribution in [0.25, 0.3) is 0 Å². The van der Waals surface area contributed by atoms with Gasteiger partial charge in [0.2, 0.25) is 35.4 Å². The summed E-state index contributed by atoms with van der Waals surface area (Å²) in [7, 11) is 9.03. The molecule has 0 saturated carbocycles. The van der Waals surface area contributed by atoms with Crippen LogP contribution < -0.4 is 53.2 Å². The number of nitrogens with one attached hydrogen (secondary N) is 10. The van der Waals surface area contributed by atoms with E-state index in [4.69, 9.17) is 85.3 Å². The van der Waals surface area contributed by atoms with Crippen LogP contribution in [0.3, 0.4) is 0 Å². The van der Waals surface area contributed by atoms with Gasteiger partial charge in [-0.15, -0.1) is 0 Å². The highest BCUT2D eigenvalue weighted by Crippen LogP contribution is 2.40. The maximum Gasteiger partial charge on any atom is 0.407 e. The van der Waals surface area contributed by atoms with Crippen LogP contribution in [0, 0.1) is 17.8 Å². The van der Waals surface area contributed by atoms with Crippen LogP contribution in [0.2, 0.25) is 0 Å². The second-order valence-electron chi connectivity index (χ2n) is 34.5. The Labute approximate surface area is 839 Å². The Kier molecular flexibility index (Phi) is 69.9. The molecule has 0 aromatic carbocycles. The van der Waals surface area contributed by atoms with Crippen LogP contribution in [-0.2, 0) is 128 Å². The number of rotatable bonds is 72. The number of carboxylic acids is 3. The Morgan fingerprint density at radius 3 is 0.931 bits per heavy atom. The minimum atomic E-state index is -1.97. The van der Waals surface area contributed by atoms with Crippen LogP contribution in [0.4, 0.5) is 19.2 Å². The maximum absolute atomic E-state index is 13.2. The van der Waals surface area contributed by atoms with Crippen molar-refractivity contribution in [3.05, 3.63) is 0 Å². The van der Waals surface area contributed by atoms with Gasteiger partial charge in [0.1, 0.15) is 99.5 Å². The van der Waals surface area contributed by atoms with Gasteiger partial charge in [-0.3, -0.25) is 28.8 Å². The lowest BCUT2D eigenvalue weighted by molar-refractivity contribution is -0.233. The number of carboxylic acid groups (broad SMARTS) is 3. The molecule has 0 aliphatic carbocycles. The first kappa shape index (κ1) is 134. The van der Waals surface area contributed by atoms with Crippen LogP contribution in [0.1, 0.15) is 99.3 Å². The highest BCUT2D eigenvalue weighted by Gasteiger charge is 2.58. The number of alkyl carbamates (subject to hydrolysis) is 4. The summed E-state index contributed by atoms with van der Waals surface area (Å²) in [5.41, 5.74) is -5.85. The van der Waals surface area contributed by atoms with Crippen molar-refractivity contribution >= 4 is 89.5 Å². The number of thioether (sulfide) groups is 1. The Balaban J connectivity index is 0.00000109. The molecule has 0 radical (unpaired) electrons. The second-order valence-corrected chi connectivity index (χ2v) is 35.7. The van der Waals surface area contributed by atoms with Crippen molar-refractivity contribution in [2.24, 2.45) is 17.8 Å². The van der Waals surface area contributed by atoms with Gasteiger partial charge in [0.15, 0.2) is 16.8 Å². The highest BCUT2D eigenvalue weighted by molar-refractivity contribution is 7.99. The summed E-state index contributed by atoms with van der Waals surface area (Å²) in [6.45, 7) is 9.18. The maximum atomic E-state index is 13.2. The van der Waals surface area contributed by atoms with Crippen molar-refractivity contribution in [3.63, 3.8) is 0 Å². The summed E-state index contributed by atoms with van der Waals surface area (Å²) in [6, 6.07) is -7.89. The van der Waals surface area contributed by atoms with Crippen LogP contribution >= 0.6 is 11.8 Å². The lowest BCUT2D eigenvalue weighted by Crippen LogP contribution is -2.68. The van der Waals surface area contributed by atoms with Gasteiger partial charge in [0.05, 0.1) is 182 Å². The molecule has 0 aromatic rings. The molecule has 3 aliphatic rings. The van der Waals surface area contributed by atoms with E-state index in [1.54, 1.807) is 41.5 Å². The summed E-state index contributed by atoms with van der Waals surface area (Å²) < 4.78 is 92.9. The molecule has 21 atom stereocenters. The molecule has 144 heavy (non-hydrogen) atoms. The van der Waals surface area contributed by atoms with E-state index < -0.39 is 263 Å². The van der Waals surface area contributed by atoms with Gasteiger partial charge in [0.25, 0.3) is 0 Å². The second kappa shape index (κ2) is 75.3. The van der Waals surface area contributed by atoms with E-state index in [1.165, 1.54) is 54.4 Å². The van der Waals surface area contributed by atoms with E-state index in [-0.39, 0.29) is 135 Å². The van der Waals surface area contributed by atoms with E-state index in [0.717, 1.165) is 0 Å². The molecule has 21 unspecified atom stereocenters. The topological polar surface area (TPSA) is 812 Å². The van der Waals surface area contributed by atoms with Crippen molar-refractivity contribution < 1.29 is 224 Å². The number of amides is 10.